The molecule has 1 aromatic carbocycles. The van der Waals surface area contributed by atoms with Crippen LogP contribution in [0.1, 0.15) is 76.3 Å². The highest BCUT2D eigenvalue weighted by Gasteiger charge is 2.24. The van der Waals surface area contributed by atoms with Crippen molar-refractivity contribution >= 4 is 24.1 Å². The van der Waals surface area contributed by atoms with Crippen LogP contribution in [0.3, 0.4) is 0 Å². The minimum Gasteiger partial charge on any atom is -0.334 e. The van der Waals surface area contributed by atoms with Crippen LogP contribution in [0.5, 0.6) is 0 Å². The van der Waals surface area contributed by atoms with Crippen LogP contribution in [-0.2, 0) is 0 Å². The first-order valence-electron chi connectivity index (χ1n) is 8.86. The number of hydrogen-bond donors (Lipinski definition) is 3. The molecule has 0 aromatic heterocycles. The van der Waals surface area contributed by atoms with Gasteiger partial charge in [-0.2, -0.15) is 0 Å². The standard InChI is InChI=1S/C19H31N3O.ClH/c1-12(2)14-8-7-9-15(13(3)4)18(14)22-19(23)21-17-11-6-5-10-16(17)20;/h7-9,12-13,16-17H,5-6,10-11,20H2,1-4H3,(H2,21,22,23);1H/t16-,17-;/m1./s1. The van der Waals surface area contributed by atoms with Gasteiger partial charge in [-0.15, -0.1) is 12.4 Å². The molecule has 0 unspecified atom stereocenters. The van der Waals surface area contributed by atoms with E-state index in [1.165, 1.54) is 11.1 Å². The fraction of sp³-hybridized carbons (Fsp3) is 0.632. The average molecular weight is 354 g/mol. The third-order valence-corrected chi connectivity index (χ3v) is 4.75. The number of urea groups is 1. The summed E-state index contributed by atoms with van der Waals surface area (Å²) in [7, 11) is 0. The first-order valence-corrected chi connectivity index (χ1v) is 8.86. The smallest absolute Gasteiger partial charge is 0.319 e. The van der Waals surface area contributed by atoms with Gasteiger partial charge in [-0.25, -0.2) is 4.79 Å². The first-order chi connectivity index (χ1) is 10.9. The van der Waals surface area contributed by atoms with Gasteiger partial charge in [0.15, 0.2) is 0 Å². The Kier molecular flexibility index (Phi) is 8.04. The molecular weight excluding hydrogens is 322 g/mol. The third kappa shape index (κ3) is 5.12. The van der Waals surface area contributed by atoms with Gasteiger partial charge in [-0.3, -0.25) is 0 Å². The van der Waals surface area contributed by atoms with E-state index in [9.17, 15) is 4.79 Å². The SMILES string of the molecule is CC(C)c1cccc(C(C)C)c1NC(=O)N[C@@H]1CCCC[C@H]1N.Cl. The first kappa shape index (κ1) is 20.8. The number of carbonyl (C=O) groups excluding carboxylic acids is 1. The van der Waals surface area contributed by atoms with E-state index in [4.69, 9.17) is 5.73 Å². The highest BCUT2D eigenvalue weighted by atomic mass is 35.5. The minimum absolute atomic E-state index is 0. The molecule has 1 aromatic rings. The Hall–Kier alpha value is -1.26. The molecule has 1 aliphatic rings. The Labute approximate surface area is 152 Å². The Bertz CT molecular complexity index is 519. The number of hydrogen-bond acceptors (Lipinski definition) is 2. The van der Waals surface area contributed by atoms with Crippen molar-refractivity contribution in [3.8, 4) is 0 Å². The molecule has 136 valence electrons. The topological polar surface area (TPSA) is 67.2 Å². The second-order valence-electron chi connectivity index (χ2n) is 7.27. The van der Waals surface area contributed by atoms with E-state index in [1.807, 2.05) is 0 Å². The summed E-state index contributed by atoms with van der Waals surface area (Å²) in [6, 6.07) is 6.28. The zero-order valence-corrected chi connectivity index (χ0v) is 16.1. The summed E-state index contributed by atoms with van der Waals surface area (Å²) < 4.78 is 0. The average Bonchev–Trinajstić information content (AvgIpc) is 2.49. The second kappa shape index (κ2) is 9.28. The van der Waals surface area contributed by atoms with Crippen molar-refractivity contribution in [2.24, 2.45) is 5.73 Å². The number of nitrogens with two attached hydrogens (primary N) is 1. The number of anilines is 1. The van der Waals surface area contributed by atoms with Gasteiger partial charge in [0.05, 0.1) is 0 Å². The predicted molar refractivity (Wildman–Crippen MR) is 104 cm³/mol. The molecule has 0 radical (unpaired) electrons. The van der Waals surface area contributed by atoms with E-state index in [1.54, 1.807) is 0 Å². The number of halogens is 1. The van der Waals surface area contributed by atoms with Gasteiger partial charge >= 0.3 is 6.03 Å². The van der Waals surface area contributed by atoms with Crippen LogP contribution in [0.15, 0.2) is 18.2 Å². The monoisotopic (exact) mass is 353 g/mol. The molecule has 0 heterocycles. The van der Waals surface area contributed by atoms with Gasteiger partial charge in [0.2, 0.25) is 0 Å². The Morgan fingerprint density at radius 1 is 1.08 bits per heavy atom. The van der Waals surface area contributed by atoms with Crippen LogP contribution in [0.25, 0.3) is 0 Å². The summed E-state index contributed by atoms with van der Waals surface area (Å²) in [5, 5.41) is 6.18. The molecule has 2 rings (SSSR count). The zero-order valence-electron chi connectivity index (χ0n) is 15.3. The number of nitrogens with one attached hydrogen (secondary N) is 2. The number of benzene rings is 1. The molecular formula is C19H32ClN3O. The molecule has 1 saturated carbocycles. The molecule has 0 aliphatic heterocycles. The van der Waals surface area contributed by atoms with Crippen molar-refractivity contribution in [1.82, 2.24) is 5.32 Å². The minimum atomic E-state index is -0.137. The Morgan fingerprint density at radius 2 is 1.62 bits per heavy atom. The molecule has 1 aliphatic carbocycles. The van der Waals surface area contributed by atoms with E-state index < -0.39 is 0 Å². The lowest BCUT2D eigenvalue weighted by Crippen LogP contribution is -2.50. The fourth-order valence-electron chi connectivity index (χ4n) is 3.35. The molecule has 0 spiro atoms. The van der Waals surface area contributed by atoms with Crippen molar-refractivity contribution in [3.63, 3.8) is 0 Å². The fourth-order valence-corrected chi connectivity index (χ4v) is 3.35. The van der Waals surface area contributed by atoms with Gasteiger partial charge in [-0.05, 0) is 35.8 Å². The van der Waals surface area contributed by atoms with Crippen LogP contribution in [-0.4, -0.2) is 18.1 Å². The number of rotatable bonds is 4. The maximum absolute atomic E-state index is 12.5. The molecule has 2 atom stereocenters. The van der Waals surface area contributed by atoms with Gasteiger partial charge in [0.1, 0.15) is 0 Å². The van der Waals surface area contributed by atoms with E-state index in [2.05, 4.69) is 56.5 Å². The number of para-hydroxylation sites is 1. The lowest BCUT2D eigenvalue weighted by Gasteiger charge is -2.30. The summed E-state index contributed by atoms with van der Waals surface area (Å²) in [4.78, 5) is 12.5. The van der Waals surface area contributed by atoms with Crippen molar-refractivity contribution in [2.75, 3.05) is 5.32 Å². The van der Waals surface area contributed by atoms with E-state index >= 15 is 0 Å². The van der Waals surface area contributed by atoms with Crippen LogP contribution < -0.4 is 16.4 Å². The third-order valence-electron chi connectivity index (χ3n) is 4.75. The molecule has 0 bridgehead atoms. The molecule has 2 amide bonds. The lowest BCUT2D eigenvalue weighted by molar-refractivity contribution is 0.240. The molecule has 4 N–H and O–H groups in total. The summed E-state index contributed by atoms with van der Waals surface area (Å²) in [6.45, 7) is 8.61. The van der Waals surface area contributed by atoms with E-state index in [-0.39, 0.29) is 30.5 Å². The maximum atomic E-state index is 12.5. The summed E-state index contributed by atoms with van der Waals surface area (Å²) in [5.41, 5.74) is 9.45. The van der Waals surface area contributed by atoms with E-state index in [0.717, 1.165) is 31.4 Å². The zero-order chi connectivity index (χ0) is 17.0. The largest absolute Gasteiger partial charge is 0.334 e. The van der Waals surface area contributed by atoms with Crippen LogP contribution in [0.2, 0.25) is 0 Å². The predicted octanol–water partition coefficient (Wildman–Crippen LogP) is 4.75. The van der Waals surface area contributed by atoms with Crippen LogP contribution >= 0.6 is 12.4 Å². The molecule has 0 saturated heterocycles. The van der Waals surface area contributed by atoms with Crippen molar-refractivity contribution < 1.29 is 4.79 Å². The van der Waals surface area contributed by atoms with Crippen molar-refractivity contribution in [3.05, 3.63) is 29.3 Å². The highest BCUT2D eigenvalue weighted by Crippen LogP contribution is 2.32. The van der Waals surface area contributed by atoms with Crippen molar-refractivity contribution in [2.45, 2.75) is 77.3 Å². The van der Waals surface area contributed by atoms with Gasteiger partial charge in [0.25, 0.3) is 0 Å². The lowest BCUT2D eigenvalue weighted by atomic mass is 9.91. The van der Waals surface area contributed by atoms with Crippen LogP contribution in [0, 0.1) is 0 Å². The quantitative estimate of drug-likeness (QED) is 0.731. The van der Waals surface area contributed by atoms with Crippen molar-refractivity contribution in [1.29, 1.82) is 0 Å². The van der Waals surface area contributed by atoms with Gasteiger partial charge in [-0.1, -0.05) is 58.7 Å². The normalized spacial score (nSPS) is 20.6. The van der Waals surface area contributed by atoms with Gasteiger partial charge in [0, 0.05) is 17.8 Å². The van der Waals surface area contributed by atoms with E-state index in [0.29, 0.717) is 11.8 Å². The molecule has 24 heavy (non-hydrogen) atoms. The Morgan fingerprint density at radius 3 is 2.12 bits per heavy atom. The number of amides is 2. The summed E-state index contributed by atoms with van der Waals surface area (Å²) in [5.74, 6) is 0.724. The van der Waals surface area contributed by atoms with Gasteiger partial charge < -0.3 is 16.4 Å². The molecule has 4 nitrogen and oxygen atoms in total. The summed E-state index contributed by atoms with van der Waals surface area (Å²) >= 11 is 0. The number of carbonyl (C=O) groups is 1. The Balaban J connectivity index is 0.00000288. The molecule has 1 fully saturated rings. The summed E-state index contributed by atoms with van der Waals surface area (Å²) in [6.07, 6.45) is 4.26. The van der Waals surface area contributed by atoms with Crippen LogP contribution in [0.4, 0.5) is 10.5 Å². The molecule has 5 heteroatoms. The second-order valence-corrected chi connectivity index (χ2v) is 7.27. The maximum Gasteiger partial charge on any atom is 0.319 e. The highest BCUT2D eigenvalue weighted by molar-refractivity contribution is 5.91.